The van der Waals surface area contributed by atoms with E-state index < -0.39 is 0 Å². The van der Waals surface area contributed by atoms with Crippen LogP contribution in [0, 0.1) is 13.8 Å². The molecule has 0 aliphatic carbocycles. The van der Waals surface area contributed by atoms with E-state index in [1.165, 1.54) is 17.1 Å². The van der Waals surface area contributed by atoms with E-state index >= 15 is 0 Å². The quantitative estimate of drug-likeness (QED) is 0.935. The van der Waals surface area contributed by atoms with Crippen LogP contribution in [0.15, 0.2) is 12.4 Å². The molecule has 0 aliphatic rings. The Morgan fingerprint density at radius 3 is 2.35 bits per heavy atom. The molecular weight excluding hydrogens is 323 g/mol. The van der Waals surface area contributed by atoms with Gasteiger partial charge in [-0.1, -0.05) is 34.8 Å². The molecule has 0 saturated heterocycles. The van der Waals surface area contributed by atoms with Crippen molar-refractivity contribution in [2.45, 2.75) is 20.4 Å². The predicted molar refractivity (Wildman–Crippen MR) is 79.6 cm³/mol. The van der Waals surface area contributed by atoms with Crippen LogP contribution in [0.3, 0.4) is 0 Å². The van der Waals surface area contributed by atoms with Crippen LogP contribution in [0.1, 0.15) is 11.4 Å². The fraction of sp³-hybridized carbons (Fsp3) is 0.250. The molecule has 0 radical (unpaired) electrons. The van der Waals surface area contributed by atoms with Gasteiger partial charge in [-0.15, -0.1) is 0 Å². The SMILES string of the molecule is Cc1nn(CC(=O)Nc2c(Cl)cncc2Cl)c(C)c1Cl. The first-order valence-electron chi connectivity index (χ1n) is 5.68. The molecule has 1 amide bonds. The fourth-order valence-electron chi connectivity index (χ4n) is 1.67. The van der Waals surface area contributed by atoms with Crippen molar-refractivity contribution in [2.24, 2.45) is 0 Å². The van der Waals surface area contributed by atoms with E-state index in [2.05, 4.69) is 15.4 Å². The normalized spacial score (nSPS) is 10.7. The maximum Gasteiger partial charge on any atom is 0.246 e. The van der Waals surface area contributed by atoms with Crippen LogP contribution >= 0.6 is 34.8 Å². The second kappa shape index (κ2) is 5.99. The van der Waals surface area contributed by atoms with Gasteiger partial charge in [-0.05, 0) is 13.8 Å². The number of hydrogen-bond donors (Lipinski definition) is 1. The van der Waals surface area contributed by atoms with E-state index in [4.69, 9.17) is 34.8 Å². The molecule has 2 heterocycles. The molecule has 0 unspecified atom stereocenters. The molecule has 0 aliphatic heterocycles. The summed E-state index contributed by atoms with van der Waals surface area (Å²) in [5, 5.41) is 7.92. The molecule has 2 rings (SSSR count). The number of anilines is 1. The number of nitrogens with zero attached hydrogens (tertiary/aromatic N) is 3. The molecule has 0 fully saturated rings. The molecule has 2 aromatic heterocycles. The highest BCUT2D eigenvalue weighted by molar-refractivity contribution is 6.39. The number of aryl methyl sites for hydroxylation is 1. The second-order valence-corrected chi connectivity index (χ2v) is 5.36. The molecule has 5 nitrogen and oxygen atoms in total. The Labute approximate surface area is 130 Å². The standard InChI is InChI=1S/C12H11Cl3N4O/c1-6-11(15)7(2)19(18-6)5-10(20)17-12-8(13)3-16-4-9(12)14/h3-4H,5H2,1-2H3,(H,16,17,20). The number of carbonyl (C=O) groups excluding carboxylic acids is 1. The minimum Gasteiger partial charge on any atom is -0.322 e. The van der Waals surface area contributed by atoms with Crippen molar-refractivity contribution in [3.8, 4) is 0 Å². The van der Waals surface area contributed by atoms with Crippen molar-refractivity contribution in [3.05, 3.63) is 38.8 Å². The van der Waals surface area contributed by atoms with Gasteiger partial charge in [0.05, 0.1) is 32.1 Å². The van der Waals surface area contributed by atoms with Crippen LogP contribution in [-0.2, 0) is 11.3 Å². The summed E-state index contributed by atoms with van der Waals surface area (Å²) in [6.45, 7) is 3.59. The Morgan fingerprint density at radius 2 is 1.85 bits per heavy atom. The van der Waals surface area contributed by atoms with E-state index in [1.54, 1.807) is 13.8 Å². The van der Waals surface area contributed by atoms with Crippen molar-refractivity contribution < 1.29 is 4.79 Å². The van der Waals surface area contributed by atoms with Crippen LogP contribution in [0.5, 0.6) is 0 Å². The van der Waals surface area contributed by atoms with Crippen LogP contribution in [0.4, 0.5) is 5.69 Å². The zero-order valence-electron chi connectivity index (χ0n) is 10.7. The maximum absolute atomic E-state index is 12.0. The molecule has 1 N–H and O–H groups in total. The van der Waals surface area contributed by atoms with E-state index in [-0.39, 0.29) is 22.5 Å². The van der Waals surface area contributed by atoms with Gasteiger partial charge in [-0.2, -0.15) is 5.10 Å². The molecule has 8 heteroatoms. The number of nitrogens with one attached hydrogen (secondary N) is 1. The number of aromatic nitrogens is 3. The van der Waals surface area contributed by atoms with E-state index in [0.717, 1.165) is 5.69 Å². The summed E-state index contributed by atoms with van der Waals surface area (Å²) in [6, 6.07) is 0. The number of pyridine rings is 1. The highest BCUT2D eigenvalue weighted by Gasteiger charge is 2.14. The van der Waals surface area contributed by atoms with E-state index in [9.17, 15) is 4.79 Å². The zero-order valence-corrected chi connectivity index (χ0v) is 13.0. The molecule has 0 atom stereocenters. The van der Waals surface area contributed by atoms with E-state index in [0.29, 0.717) is 16.4 Å². The zero-order chi connectivity index (χ0) is 14.9. The lowest BCUT2D eigenvalue weighted by molar-refractivity contribution is -0.116. The lowest BCUT2D eigenvalue weighted by Crippen LogP contribution is -2.20. The highest BCUT2D eigenvalue weighted by Crippen LogP contribution is 2.28. The number of hydrogen-bond acceptors (Lipinski definition) is 3. The first kappa shape index (κ1) is 15.1. The van der Waals surface area contributed by atoms with Gasteiger partial charge < -0.3 is 5.32 Å². The van der Waals surface area contributed by atoms with Crippen molar-refractivity contribution in [2.75, 3.05) is 5.32 Å². The average molecular weight is 334 g/mol. The number of carbonyl (C=O) groups is 1. The van der Waals surface area contributed by atoms with Gasteiger partial charge in [0.1, 0.15) is 6.54 Å². The molecule has 20 heavy (non-hydrogen) atoms. The van der Waals surface area contributed by atoms with Crippen LogP contribution in [0.25, 0.3) is 0 Å². The minimum atomic E-state index is -0.303. The summed E-state index contributed by atoms with van der Waals surface area (Å²) in [7, 11) is 0. The predicted octanol–water partition coefficient (Wildman–Crippen LogP) is 3.49. The van der Waals surface area contributed by atoms with E-state index in [1.807, 2.05) is 0 Å². The van der Waals surface area contributed by atoms with Gasteiger partial charge in [0.15, 0.2) is 0 Å². The third-order valence-electron chi connectivity index (χ3n) is 2.70. The van der Waals surface area contributed by atoms with Gasteiger partial charge in [-0.25, -0.2) is 0 Å². The molecule has 0 spiro atoms. The minimum absolute atomic E-state index is 0.0222. The van der Waals surface area contributed by atoms with Gasteiger partial charge in [0.25, 0.3) is 0 Å². The Balaban J connectivity index is 2.15. The van der Waals surface area contributed by atoms with Crippen LogP contribution in [0.2, 0.25) is 15.1 Å². The Bertz CT molecular complexity index is 649. The van der Waals surface area contributed by atoms with Crippen molar-refractivity contribution in [3.63, 3.8) is 0 Å². The largest absolute Gasteiger partial charge is 0.322 e. The Hall–Kier alpha value is -1.30. The summed E-state index contributed by atoms with van der Waals surface area (Å²) in [5.41, 5.74) is 1.74. The Kier molecular flexibility index (Phi) is 4.52. The first-order chi connectivity index (χ1) is 9.40. The van der Waals surface area contributed by atoms with Gasteiger partial charge in [0.2, 0.25) is 5.91 Å². The molecule has 2 aromatic rings. The van der Waals surface area contributed by atoms with Crippen molar-refractivity contribution in [1.29, 1.82) is 0 Å². The van der Waals surface area contributed by atoms with Crippen molar-refractivity contribution in [1.82, 2.24) is 14.8 Å². The third-order valence-corrected chi connectivity index (χ3v) is 3.82. The Morgan fingerprint density at radius 1 is 1.25 bits per heavy atom. The smallest absolute Gasteiger partial charge is 0.246 e. The first-order valence-corrected chi connectivity index (χ1v) is 6.82. The summed E-state index contributed by atoms with van der Waals surface area (Å²) in [4.78, 5) is 15.8. The van der Waals surface area contributed by atoms with Gasteiger partial charge >= 0.3 is 0 Å². The molecule has 106 valence electrons. The van der Waals surface area contributed by atoms with Crippen LogP contribution in [-0.4, -0.2) is 20.7 Å². The summed E-state index contributed by atoms with van der Waals surface area (Å²) < 4.78 is 1.52. The number of halogens is 3. The topological polar surface area (TPSA) is 59.8 Å². The summed E-state index contributed by atoms with van der Waals surface area (Å²) >= 11 is 17.9. The molecule has 0 saturated carbocycles. The number of amides is 1. The van der Waals surface area contributed by atoms with Gasteiger partial charge in [-0.3, -0.25) is 14.5 Å². The maximum atomic E-state index is 12.0. The van der Waals surface area contributed by atoms with Crippen molar-refractivity contribution >= 4 is 46.4 Å². The lowest BCUT2D eigenvalue weighted by atomic mass is 10.4. The average Bonchev–Trinajstić information content (AvgIpc) is 2.62. The molecule has 0 aromatic carbocycles. The summed E-state index contributed by atoms with van der Waals surface area (Å²) in [6.07, 6.45) is 2.81. The monoisotopic (exact) mass is 332 g/mol. The highest BCUT2D eigenvalue weighted by atomic mass is 35.5. The van der Waals surface area contributed by atoms with Crippen LogP contribution < -0.4 is 5.32 Å². The molecular formula is C12H11Cl3N4O. The number of rotatable bonds is 3. The third kappa shape index (κ3) is 3.06. The lowest BCUT2D eigenvalue weighted by Gasteiger charge is -2.09. The second-order valence-electron chi connectivity index (χ2n) is 4.17. The van der Waals surface area contributed by atoms with Gasteiger partial charge in [0, 0.05) is 12.4 Å². The summed E-state index contributed by atoms with van der Waals surface area (Å²) in [5.74, 6) is -0.303. The molecule has 0 bridgehead atoms. The fourth-order valence-corrected chi connectivity index (χ4v) is 2.27.